The van der Waals surface area contributed by atoms with Crippen molar-refractivity contribution in [1.82, 2.24) is 4.98 Å². The molecule has 0 bridgehead atoms. The molecule has 0 aliphatic heterocycles. The van der Waals surface area contributed by atoms with Crippen molar-refractivity contribution in [3.8, 4) is 5.75 Å². The monoisotopic (exact) mass is 354 g/mol. The maximum Gasteiger partial charge on any atom is 0.130 e. The summed E-state index contributed by atoms with van der Waals surface area (Å²) >= 11 is 2.27. The molecule has 0 aliphatic rings. The van der Waals surface area contributed by atoms with E-state index in [1.807, 2.05) is 36.4 Å². The van der Waals surface area contributed by atoms with E-state index in [1.54, 1.807) is 6.20 Å². The van der Waals surface area contributed by atoms with Crippen molar-refractivity contribution in [2.75, 3.05) is 11.9 Å². The summed E-state index contributed by atoms with van der Waals surface area (Å²) in [5.41, 5.74) is 2.00. The molecule has 0 spiro atoms. The number of rotatable bonds is 5. The molecule has 0 aliphatic carbocycles. The molecule has 1 N–H and O–H groups in total. The normalized spacial score (nSPS) is 10.1. The van der Waals surface area contributed by atoms with Gasteiger partial charge in [-0.1, -0.05) is 0 Å². The largest absolute Gasteiger partial charge is 0.487 e. The minimum atomic E-state index is 0.486. The third-order valence-corrected chi connectivity index (χ3v) is 3.12. The minimum Gasteiger partial charge on any atom is -0.487 e. The SMILES string of the molecule is CCNc1ccnc(COc2ccc(I)cc2)c1. The Bertz CT molecular complexity index is 499. The van der Waals surface area contributed by atoms with Crippen molar-refractivity contribution in [2.45, 2.75) is 13.5 Å². The highest BCUT2D eigenvalue weighted by atomic mass is 127. The van der Waals surface area contributed by atoms with E-state index in [0.29, 0.717) is 6.61 Å². The van der Waals surface area contributed by atoms with Gasteiger partial charge in [0.1, 0.15) is 12.4 Å². The molecule has 2 aromatic rings. The third-order valence-electron chi connectivity index (χ3n) is 2.40. The first-order valence-corrected chi connectivity index (χ1v) is 6.93. The van der Waals surface area contributed by atoms with E-state index in [4.69, 9.17) is 4.74 Å². The smallest absolute Gasteiger partial charge is 0.130 e. The second-order valence-corrected chi connectivity index (χ2v) is 5.05. The zero-order valence-corrected chi connectivity index (χ0v) is 12.3. The first kappa shape index (κ1) is 13.1. The van der Waals surface area contributed by atoms with Crippen LogP contribution >= 0.6 is 22.6 Å². The summed E-state index contributed by atoms with van der Waals surface area (Å²) in [7, 11) is 0. The Labute approximate surface area is 121 Å². The molecule has 1 aromatic carbocycles. The van der Waals surface area contributed by atoms with E-state index in [0.717, 1.165) is 23.7 Å². The second-order valence-electron chi connectivity index (χ2n) is 3.81. The van der Waals surface area contributed by atoms with Gasteiger partial charge in [-0.3, -0.25) is 4.98 Å². The fourth-order valence-corrected chi connectivity index (χ4v) is 1.92. The van der Waals surface area contributed by atoms with Crippen LogP contribution in [0.5, 0.6) is 5.75 Å². The second kappa shape index (κ2) is 6.58. The summed E-state index contributed by atoms with van der Waals surface area (Å²) in [6, 6.07) is 12.0. The Balaban J connectivity index is 1.97. The summed E-state index contributed by atoms with van der Waals surface area (Å²) in [5.74, 6) is 0.867. The van der Waals surface area contributed by atoms with E-state index in [9.17, 15) is 0 Å². The van der Waals surface area contributed by atoms with Crippen molar-refractivity contribution in [3.63, 3.8) is 0 Å². The van der Waals surface area contributed by atoms with E-state index in [1.165, 1.54) is 3.57 Å². The van der Waals surface area contributed by atoms with Crippen LogP contribution in [0, 0.1) is 3.57 Å². The van der Waals surface area contributed by atoms with Gasteiger partial charge in [0.15, 0.2) is 0 Å². The maximum absolute atomic E-state index is 5.69. The number of hydrogen-bond donors (Lipinski definition) is 1. The van der Waals surface area contributed by atoms with Crippen LogP contribution < -0.4 is 10.1 Å². The Hall–Kier alpha value is -1.30. The molecule has 0 saturated heterocycles. The lowest BCUT2D eigenvalue weighted by Gasteiger charge is -2.08. The Morgan fingerprint density at radius 3 is 2.72 bits per heavy atom. The molecule has 0 fully saturated rings. The summed E-state index contributed by atoms with van der Waals surface area (Å²) < 4.78 is 6.89. The topological polar surface area (TPSA) is 34.2 Å². The van der Waals surface area contributed by atoms with Crippen LogP contribution in [0.15, 0.2) is 42.6 Å². The van der Waals surface area contributed by atoms with Gasteiger partial charge < -0.3 is 10.1 Å². The van der Waals surface area contributed by atoms with Crippen molar-refractivity contribution < 1.29 is 4.74 Å². The zero-order valence-electron chi connectivity index (χ0n) is 10.2. The van der Waals surface area contributed by atoms with Crippen molar-refractivity contribution in [2.24, 2.45) is 0 Å². The standard InChI is InChI=1S/C14H15IN2O/c1-2-16-12-7-8-17-13(9-12)10-18-14-5-3-11(15)4-6-14/h3-9H,2,10H2,1H3,(H,16,17). The van der Waals surface area contributed by atoms with E-state index < -0.39 is 0 Å². The number of pyridine rings is 1. The summed E-state index contributed by atoms with van der Waals surface area (Å²) in [6.07, 6.45) is 1.80. The molecule has 94 valence electrons. The Kier molecular flexibility index (Phi) is 4.81. The molecule has 0 amide bonds. The van der Waals surface area contributed by atoms with Crippen LogP contribution in [-0.4, -0.2) is 11.5 Å². The van der Waals surface area contributed by atoms with Crippen LogP contribution in [-0.2, 0) is 6.61 Å². The lowest BCUT2D eigenvalue weighted by Crippen LogP contribution is -2.01. The molecular weight excluding hydrogens is 339 g/mol. The van der Waals surface area contributed by atoms with Gasteiger partial charge >= 0.3 is 0 Å². The van der Waals surface area contributed by atoms with Gasteiger partial charge in [0.25, 0.3) is 0 Å². The lowest BCUT2D eigenvalue weighted by molar-refractivity contribution is 0.301. The highest BCUT2D eigenvalue weighted by molar-refractivity contribution is 14.1. The minimum absolute atomic E-state index is 0.486. The van der Waals surface area contributed by atoms with E-state index in [2.05, 4.69) is 39.8 Å². The summed E-state index contributed by atoms with van der Waals surface area (Å²) in [6.45, 7) is 3.46. The van der Waals surface area contributed by atoms with Gasteiger partial charge in [0, 0.05) is 22.0 Å². The molecule has 18 heavy (non-hydrogen) atoms. The molecule has 4 heteroatoms. The number of benzene rings is 1. The number of nitrogens with one attached hydrogen (secondary N) is 1. The van der Waals surface area contributed by atoms with Crippen molar-refractivity contribution >= 4 is 28.3 Å². The van der Waals surface area contributed by atoms with Crippen molar-refractivity contribution in [1.29, 1.82) is 0 Å². The molecular formula is C14H15IN2O. The predicted octanol–water partition coefficient (Wildman–Crippen LogP) is 3.70. The number of anilines is 1. The molecule has 0 radical (unpaired) electrons. The van der Waals surface area contributed by atoms with Gasteiger partial charge in [0.2, 0.25) is 0 Å². The molecule has 2 rings (SSSR count). The number of aromatic nitrogens is 1. The average molecular weight is 354 g/mol. The molecule has 0 saturated carbocycles. The van der Waals surface area contributed by atoms with Gasteiger partial charge in [-0.2, -0.15) is 0 Å². The predicted molar refractivity (Wildman–Crippen MR) is 81.9 cm³/mol. The quantitative estimate of drug-likeness (QED) is 0.832. The number of hydrogen-bond acceptors (Lipinski definition) is 3. The highest BCUT2D eigenvalue weighted by Crippen LogP contribution is 2.15. The average Bonchev–Trinajstić information content (AvgIpc) is 2.39. The van der Waals surface area contributed by atoms with Crippen molar-refractivity contribution in [3.05, 3.63) is 51.9 Å². The maximum atomic E-state index is 5.69. The van der Waals surface area contributed by atoms with Crippen LogP contribution in [0.1, 0.15) is 12.6 Å². The molecule has 1 aromatic heterocycles. The van der Waals surface area contributed by atoms with Gasteiger partial charge in [-0.05, 0) is 65.9 Å². The Morgan fingerprint density at radius 2 is 2.00 bits per heavy atom. The summed E-state index contributed by atoms with van der Waals surface area (Å²) in [5, 5.41) is 3.26. The van der Waals surface area contributed by atoms with E-state index >= 15 is 0 Å². The van der Waals surface area contributed by atoms with Crippen LogP contribution in [0.2, 0.25) is 0 Å². The molecule has 3 nitrogen and oxygen atoms in total. The molecule has 1 heterocycles. The summed E-state index contributed by atoms with van der Waals surface area (Å²) in [4.78, 5) is 4.29. The molecule has 0 atom stereocenters. The van der Waals surface area contributed by atoms with Crippen LogP contribution in [0.25, 0.3) is 0 Å². The third kappa shape index (κ3) is 3.87. The first-order valence-electron chi connectivity index (χ1n) is 5.85. The Morgan fingerprint density at radius 1 is 1.22 bits per heavy atom. The fourth-order valence-electron chi connectivity index (χ4n) is 1.56. The van der Waals surface area contributed by atoms with Gasteiger partial charge in [0.05, 0.1) is 5.69 Å². The zero-order chi connectivity index (χ0) is 12.8. The fraction of sp³-hybridized carbons (Fsp3) is 0.214. The number of halogens is 1. The lowest BCUT2D eigenvalue weighted by atomic mass is 10.3. The van der Waals surface area contributed by atoms with Crippen LogP contribution in [0.4, 0.5) is 5.69 Å². The van der Waals surface area contributed by atoms with Gasteiger partial charge in [-0.25, -0.2) is 0 Å². The van der Waals surface area contributed by atoms with Gasteiger partial charge in [-0.15, -0.1) is 0 Å². The number of ether oxygens (including phenoxy) is 1. The van der Waals surface area contributed by atoms with Crippen LogP contribution in [0.3, 0.4) is 0 Å². The highest BCUT2D eigenvalue weighted by Gasteiger charge is 1.99. The molecule has 0 unspecified atom stereocenters. The van der Waals surface area contributed by atoms with E-state index in [-0.39, 0.29) is 0 Å². The number of nitrogens with zero attached hydrogens (tertiary/aromatic N) is 1. The first-order chi connectivity index (χ1) is 8.78.